The zero-order valence-electron chi connectivity index (χ0n) is 20.1. The van der Waals surface area contributed by atoms with Crippen LogP contribution in [0.3, 0.4) is 0 Å². The van der Waals surface area contributed by atoms with E-state index in [1.54, 1.807) is 11.0 Å². The van der Waals surface area contributed by atoms with E-state index in [4.69, 9.17) is 18.6 Å². The second-order valence-corrected chi connectivity index (χ2v) is 9.12. The van der Waals surface area contributed by atoms with Gasteiger partial charge in [0.2, 0.25) is 12.6 Å². The minimum Gasteiger partial charge on any atom is -0.494 e. The molecule has 7 heteroatoms. The first-order chi connectivity index (χ1) is 17.5. The second-order valence-electron chi connectivity index (χ2n) is 9.12. The summed E-state index contributed by atoms with van der Waals surface area (Å²) in [4.78, 5) is 29.2. The van der Waals surface area contributed by atoms with Gasteiger partial charge < -0.3 is 23.5 Å². The Kier molecular flexibility index (Phi) is 5.40. The molecule has 2 aliphatic rings. The van der Waals surface area contributed by atoms with Gasteiger partial charge in [-0.1, -0.05) is 36.8 Å². The molecule has 36 heavy (non-hydrogen) atoms. The second kappa shape index (κ2) is 8.75. The van der Waals surface area contributed by atoms with Crippen LogP contribution in [-0.2, 0) is 6.54 Å². The molecule has 0 fully saturated rings. The Labute approximate surface area is 207 Å². The summed E-state index contributed by atoms with van der Waals surface area (Å²) in [5.74, 6) is 1.76. The fraction of sp³-hybridized carbons (Fsp3) is 0.241. The van der Waals surface area contributed by atoms with E-state index in [0.29, 0.717) is 40.4 Å². The first-order valence-corrected chi connectivity index (χ1v) is 12.0. The molecule has 0 unspecified atom stereocenters. The number of hydrogen-bond donors (Lipinski definition) is 0. The summed E-state index contributed by atoms with van der Waals surface area (Å²) < 4.78 is 22.9. The van der Waals surface area contributed by atoms with Crippen LogP contribution in [0.1, 0.15) is 52.2 Å². The number of ether oxygens (including phenoxy) is 3. The standard InChI is InChI=1S/C29H25NO6/c1-3-11-33-20-6-4-5-19(14-20)26-25-27(31)21-12-17(2)7-9-22(21)36-28(25)29(32)30(26)15-18-8-10-23-24(13-18)35-16-34-23/h4-10,12-14,26H,3,11,15-16H2,1-2H3/t26-/m1/s1. The summed E-state index contributed by atoms with van der Waals surface area (Å²) in [5.41, 5.74) is 3.16. The Morgan fingerprint density at radius 3 is 2.72 bits per heavy atom. The SMILES string of the molecule is CCCOc1cccc([C@@H]2c3c(oc4ccc(C)cc4c3=O)C(=O)N2Cc2ccc3c(c2)OCO3)c1. The Bertz CT molecular complexity index is 1560. The van der Waals surface area contributed by atoms with Crippen LogP contribution < -0.4 is 19.6 Å². The first kappa shape index (κ1) is 22.2. The van der Waals surface area contributed by atoms with Gasteiger partial charge in [0.1, 0.15) is 11.3 Å². The molecule has 3 aromatic carbocycles. The highest BCUT2D eigenvalue weighted by Gasteiger charge is 2.43. The van der Waals surface area contributed by atoms with Gasteiger partial charge in [0, 0.05) is 6.54 Å². The number of amides is 1. The molecule has 0 saturated carbocycles. The monoisotopic (exact) mass is 483 g/mol. The van der Waals surface area contributed by atoms with Gasteiger partial charge in [0.25, 0.3) is 5.91 Å². The van der Waals surface area contributed by atoms with Crippen molar-refractivity contribution >= 4 is 16.9 Å². The molecule has 4 aromatic rings. The fourth-order valence-electron chi connectivity index (χ4n) is 4.87. The number of carbonyl (C=O) groups is 1. The highest BCUT2D eigenvalue weighted by atomic mass is 16.7. The third-order valence-corrected chi connectivity index (χ3v) is 6.56. The van der Waals surface area contributed by atoms with Crippen molar-refractivity contribution in [2.75, 3.05) is 13.4 Å². The average molecular weight is 484 g/mol. The highest BCUT2D eigenvalue weighted by Crippen LogP contribution is 2.41. The van der Waals surface area contributed by atoms with Crippen LogP contribution in [-0.4, -0.2) is 24.2 Å². The van der Waals surface area contributed by atoms with Gasteiger partial charge in [-0.15, -0.1) is 0 Å². The molecule has 0 saturated heterocycles. The summed E-state index contributed by atoms with van der Waals surface area (Å²) >= 11 is 0. The highest BCUT2D eigenvalue weighted by molar-refractivity contribution is 5.99. The summed E-state index contributed by atoms with van der Waals surface area (Å²) in [6, 6.07) is 18.0. The van der Waals surface area contributed by atoms with Crippen molar-refractivity contribution in [1.82, 2.24) is 4.90 Å². The van der Waals surface area contributed by atoms with E-state index in [1.165, 1.54) is 0 Å². The molecule has 0 aliphatic carbocycles. The van der Waals surface area contributed by atoms with E-state index in [1.807, 2.05) is 68.4 Å². The van der Waals surface area contributed by atoms with Crippen molar-refractivity contribution in [2.24, 2.45) is 0 Å². The van der Waals surface area contributed by atoms with Crippen molar-refractivity contribution in [1.29, 1.82) is 0 Å². The third kappa shape index (κ3) is 3.68. The number of benzene rings is 3. The maximum Gasteiger partial charge on any atom is 0.291 e. The van der Waals surface area contributed by atoms with Crippen LogP contribution in [0.2, 0.25) is 0 Å². The molecule has 0 radical (unpaired) electrons. The number of fused-ring (bicyclic) bond motifs is 3. The maximum atomic E-state index is 13.8. The fourth-order valence-corrected chi connectivity index (χ4v) is 4.87. The molecule has 1 atom stereocenters. The summed E-state index contributed by atoms with van der Waals surface area (Å²) in [7, 11) is 0. The van der Waals surface area contributed by atoms with Gasteiger partial charge in [0.15, 0.2) is 16.9 Å². The van der Waals surface area contributed by atoms with Crippen LogP contribution in [0.5, 0.6) is 17.2 Å². The smallest absolute Gasteiger partial charge is 0.291 e. The van der Waals surface area contributed by atoms with E-state index in [9.17, 15) is 9.59 Å². The van der Waals surface area contributed by atoms with E-state index in [2.05, 4.69) is 0 Å². The van der Waals surface area contributed by atoms with Crippen molar-refractivity contribution in [2.45, 2.75) is 32.9 Å². The minimum atomic E-state index is -0.621. The molecule has 3 heterocycles. The molecule has 1 amide bonds. The Morgan fingerprint density at radius 2 is 1.86 bits per heavy atom. The zero-order chi connectivity index (χ0) is 24.8. The molecule has 6 rings (SSSR count). The van der Waals surface area contributed by atoms with Gasteiger partial charge in [0.05, 0.1) is 23.6 Å². The van der Waals surface area contributed by atoms with E-state index >= 15 is 0 Å². The lowest BCUT2D eigenvalue weighted by atomic mass is 9.97. The van der Waals surface area contributed by atoms with Crippen LogP contribution in [0.25, 0.3) is 11.0 Å². The number of rotatable bonds is 6. The summed E-state index contributed by atoms with van der Waals surface area (Å²) in [6.45, 7) is 4.98. The van der Waals surface area contributed by atoms with E-state index in [0.717, 1.165) is 23.1 Å². The van der Waals surface area contributed by atoms with E-state index in [-0.39, 0.29) is 30.4 Å². The molecule has 2 aliphatic heterocycles. The largest absolute Gasteiger partial charge is 0.494 e. The van der Waals surface area contributed by atoms with Crippen molar-refractivity contribution < 1.29 is 23.4 Å². The lowest BCUT2D eigenvalue weighted by molar-refractivity contribution is 0.0714. The molecule has 7 nitrogen and oxygen atoms in total. The lowest BCUT2D eigenvalue weighted by Crippen LogP contribution is -2.29. The van der Waals surface area contributed by atoms with Crippen molar-refractivity contribution in [3.05, 3.63) is 98.9 Å². The topological polar surface area (TPSA) is 78.2 Å². The maximum absolute atomic E-state index is 13.8. The third-order valence-electron chi connectivity index (χ3n) is 6.56. The predicted molar refractivity (Wildman–Crippen MR) is 134 cm³/mol. The molecular weight excluding hydrogens is 458 g/mol. The van der Waals surface area contributed by atoms with E-state index < -0.39 is 6.04 Å². The van der Waals surface area contributed by atoms with Crippen LogP contribution >= 0.6 is 0 Å². The summed E-state index contributed by atoms with van der Waals surface area (Å²) in [6.07, 6.45) is 0.875. The molecule has 0 bridgehead atoms. The number of nitrogens with zero attached hydrogens (tertiary/aromatic N) is 1. The van der Waals surface area contributed by atoms with Crippen molar-refractivity contribution in [3.8, 4) is 17.2 Å². The van der Waals surface area contributed by atoms with Gasteiger partial charge in [-0.25, -0.2) is 0 Å². The van der Waals surface area contributed by atoms with Gasteiger partial charge in [-0.3, -0.25) is 9.59 Å². The number of aryl methyl sites for hydroxylation is 1. The van der Waals surface area contributed by atoms with Crippen LogP contribution in [0.15, 0.2) is 69.9 Å². The van der Waals surface area contributed by atoms with Gasteiger partial charge in [-0.2, -0.15) is 0 Å². The molecular formula is C29H25NO6. The zero-order valence-corrected chi connectivity index (χ0v) is 20.1. The Balaban J connectivity index is 1.50. The normalized spacial score (nSPS) is 16.0. The van der Waals surface area contributed by atoms with Crippen molar-refractivity contribution in [3.63, 3.8) is 0 Å². The summed E-state index contributed by atoms with van der Waals surface area (Å²) in [5, 5.41) is 0.467. The first-order valence-electron chi connectivity index (χ1n) is 12.0. The lowest BCUT2D eigenvalue weighted by Gasteiger charge is -2.25. The average Bonchev–Trinajstić information content (AvgIpc) is 3.46. The molecule has 0 N–H and O–H groups in total. The molecule has 182 valence electrons. The Morgan fingerprint density at radius 1 is 1.00 bits per heavy atom. The Hall–Kier alpha value is -4.26. The quantitative estimate of drug-likeness (QED) is 0.367. The minimum absolute atomic E-state index is 0.0852. The predicted octanol–water partition coefficient (Wildman–Crippen LogP) is 5.36. The molecule has 1 aromatic heterocycles. The van der Waals surface area contributed by atoms with Crippen LogP contribution in [0, 0.1) is 6.92 Å². The number of hydrogen-bond acceptors (Lipinski definition) is 6. The van der Waals surface area contributed by atoms with Crippen LogP contribution in [0.4, 0.5) is 0 Å². The number of carbonyl (C=O) groups excluding carboxylic acids is 1. The molecule has 0 spiro atoms. The van der Waals surface area contributed by atoms with Gasteiger partial charge >= 0.3 is 0 Å². The van der Waals surface area contributed by atoms with Gasteiger partial charge in [-0.05, 0) is 60.9 Å².